The summed E-state index contributed by atoms with van der Waals surface area (Å²) in [7, 11) is 1.75. The largest absolute Gasteiger partial charge is 0.477 e. The number of anilines is 1. The van der Waals surface area contributed by atoms with E-state index < -0.39 is 5.97 Å². The van der Waals surface area contributed by atoms with Gasteiger partial charge < -0.3 is 10.4 Å². The first-order valence-corrected chi connectivity index (χ1v) is 5.73. The van der Waals surface area contributed by atoms with Crippen molar-refractivity contribution in [3.63, 3.8) is 0 Å². The van der Waals surface area contributed by atoms with Gasteiger partial charge in [0.25, 0.3) is 0 Å². The summed E-state index contributed by atoms with van der Waals surface area (Å²) in [5.74, 6) is -0.354. The topological polar surface area (TPSA) is 67.2 Å². The van der Waals surface area contributed by atoms with Crippen molar-refractivity contribution >= 4 is 11.8 Å². The quantitative estimate of drug-likeness (QED) is 0.845. The highest BCUT2D eigenvalue weighted by molar-refractivity contribution is 5.94. The number of carboxylic acids is 1. The first-order valence-electron chi connectivity index (χ1n) is 5.73. The maximum absolute atomic E-state index is 11.1. The van der Waals surface area contributed by atoms with Gasteiger partial charge >= 0.3 is 5.97 Å². The van der Waals surface area contributed by atoms with Gasteiger partial charge in [-0.05, 0) is 18.8 Å². The van der Waals surface area contributed by atoms with Crippen molar-refractivity contribution in [3.05, 3.63) is 11.3 Å². The van der Waals surface area contributed by atoms with Gasteiger partial charge in [0.05, 0.1) is 5.69 Å². The number of aromatic nitrogens is 2. The molecular formula is C12H21N3O2. The highest BCUT2D eigenvalue weighted by Gasteiger charge is 2.19. The summed E-state index contributed by atoms with van der Waals surface area (Å²) in [6.07, 6.45) is 0.969. The number of rotatable bonds is 4. The number of hydrogen-bond acceptors (Lipinski definition) is 3. The fourth-order valence-corrected chi connectivity index (χ4v) is 1.67. The highest BCUT2D eigenvalue weighted by atomic mass is 16.4. The predicted molar refractivity (Wildman–Crippen MR) is 67.5 cm³/mol. The first kappa shape index (κ1) is 13.5. The molecule has 0 saturated heterocycles. The Morgan fingerprint density at radius 1 is 1.47 bits per heavy atom. The van der Waals surface area contributed by atoms with Crippen LogP contribution in [0, 0.1) is 12.3 Å². The minimum absolute atomic E-state index is 0.226. The van der Waals surface area contributed by atoms with Crippen LogP contribution in [0.1, 0.15) is 43.2 Å². The van der Waals surface area contributed by atoms with E-state index >= 15 is 0 Å². The van der Waals surface area contributed by atoms with E-state index in [2.05, 4.69) is 31.2 Å². The Labute approximate surface area is 102 Å². The molecule has 0 fully saturated rings. The summed E-state index contributed by atoms with van der Waals surface area (Å²) in [5, 5.41) is 16.4. The van der Waals surface area contributed by atoms with E-state index in [1.165, 1.54) is 0 Å². The lowest BCUT2D eigenvalue weighted by Crippen LogP contribution is -2.16. The molecule has 2 N–H and O–H groups in total. The Kier molecular flexibility index (Phi) is 3.80. The average Bonchev–Trinajstić information content (AvgIpc) is 2.39. The molecule has 5 heteroatoms. The SMILES string of the molecule is Cc1nn(C)c(NCCC(C)(C)C)c1C(=O)O. The molecule has 0 aliphatic heterocycles. The van der Waals surface area contributed by atoms with Crippen LogP contribution in [0.4, 0.5) is 5.82 Å². The summed E-state index contributed by atoms with van der Waals surface area (Å²) in [6, 6.07) is 0. The molecule has 0 atom stereocenters. The third-order valence-electron chi connectivity index (χ3n) is 2.60. The van der Waals surface area contributed by atoms with Gasteiger partial charge in [-0.25, -0.2) is 4.79 Å². The molecule has 0 spiro atoms. The number of aromatic carboxylic acids is 1. The molecule has 0 bridgehead atoms. The number of nitrogens with zero attached hydrogens (tertiary/aromatic N) is 2. The zero-order valence-electron chi connectivity index (χ0n) is 11.2. The molecule has 0 aliphatic carbocycles. The van der Waals surface area contributed by atoms with E-state index in [1.807, 2.05) is 0 Å². The monoisotopic (exact) mass is 239 g/mol. The second-order valence-corrected chi connectivity index (χ2v) is 5.48. The Morgan fingerprint density at radius 3 is 2.53 bits per heavy atom. The van der Waals surface area contributed by atoms with Gasteiger partial charge in [-0.15, -0.1) is 0 Å². The van der Waals surface area contributed by atoms with Crippen molar-refractivity contribution in [2.45, 2.75) is 34.1 Å². The average molecular weight is 239 g/mol. The van der Waals surface area contributed by atoms with Gasteiger partial charge in [-0.3, -0.25) is 4.68 Å². The predicted octanol–water partition coefficient (Wildman–Crippen LogP) is 2.27. The Bertz CT molecular complexity index is 416. The van der Waals surface area contributed by atoms with Crippen LogP contribution >= 0.6 is 0 Å². The van der Waals surface area contributed by atoms with Crippen LogP contribution in [0.25, 0.3) is 0 Å². The van der Waals surface area contributed by atoms with E-state index in [-0.39, 0.29) is 11.0 Å². The lowest BCUT2D eigenvalue weighted by atomic mass is 9.92. The Balaban J connectivity index is 2.80. The van der Waals surface area contributed by atoms with Crippen LogP contribution in [0.3, 0.4) is 0 Å². The molecule has 0 amide bonds. The lowest BCUT2D eigenvalue weighted by Gasteiger charge is -2.18. The fraction of sp³-hybridized carbons (Fsp3) is 0.667. The second kappa shape index (κ2) is 4.77. The van der Waals surface area contributed by atoms with E-state index in [0.29, 0.717) is 11.5 Å². The molecule has 17 heavy (non-hydrogen) atoms. The summed E-state index contributed by atoms with van der Waals surface area (Å²) < 4.78 is 1.58. The Hall–Kier alpha value is -1.52. The van der Waals surface area contributed by atoms with Crippen molar-refractivity contribution in [2.75, 3.05) is 11.9 Å². The maximum atomic E-state index is 11.1. The van der Waals surface area contributed by atoms with Crippen LogP contribution in [-0.2, 0) is 7.05 Å². The molecular weight excluding hydrogens is 218 g/mol. The molecule has 96 valence electrons. The van der Waals surface area contributed by atoms with Crippen LogP contribution in [0.15, 0.2) is 0 Å². The number of carboxylic acid groups (broad SMARTS) is 1. The first-order chi connectivity index (χ1) is 7.72. The summed E-state index contributed by atoms with van der Waals surface area (Å²) in [6.45, 7) is 8.91. The van der Waals surface area contributed by atoms with Gasteiger partial charge in [-0.1, -0.05) is 20.8 Å². The van der Waals surface area contributed by atoms with Crippen LogP contribution in [0.2, 0.25) is 0 Å². The minimum Gasteiger partial charge on any atom is -0.477 e. The minimum atomic E-state index is -0.936. The molecule has 0 aliphatic rings. The number of nitrogens with one attached hydrogen (secondary N) is 1. The summed E-state index contributed by atoms with van der Waals surface area (Å²) >= 11 is 0. The maximum Gasteiger partial charge on any atom is 0.341 e. The van der Waals surface area contributed by atoms with Crippen molar-refractivity contribution < 1.29 is 9.90 Å². The second-order valence-electron chi connectivity index (χ2n) is 5.48. The van der Waals surface area contributed by atoms with Gasteiger partial charge in [0, 0.05) is 13.6 Å². The van der Waals surface area contributed by atoms with E-state index in [9.17, 15) is 4.79 Å². The zero-order chi connectivity index (χ0) is 13.2. The molecule has 1 aromatic heterocycles. The number of hydrogen-bond donors (Lipinski definition) is 2. The standard InChI is InChI=1S/C12H21N3O2/c1-8-9(11(16)17)10(15(5)14-8)13-7-6-12(2,3)4/h13H,6-7H2,1-5H3,(H,16,17). The van der Waals surface area contributed by atoms with Crippen molar-refractivity contribution in [1.29, 1.82) is 0 Å². The number of carbonyl (C=O) groups is 1. The Morgan fingerprint density at radius 2 is 2.06 bits per heavy atom. The van der Waals surface area contributed by atoms with Gasteiger partial charge in [0.15, 0.2) is 0 Å². The number of aryl methyl sites for hydroxylation is 2. The summed E-state index contributed by atoms with van der Waals surface area (Å²) in [4.78, 5) is 11.1. The van der Waals surface area contributed by atoms with Gasteiger partial charge in [-0.2, -0.15) is 5.10 Å². The zero-order valence-corrected chi connectivity index (χ0v) is 11.2. The van der Waals surface area contributed by atoms with Crippen molar-refractivity contribution in [1.82, 2.24) is 9.78 Å². The molecule has 5 nitrogen and oxygen atoms in total. The molecule has 1 aromatic rings. The molecule has 0 unspecified atom stereocenters. The van der Waals surface area contributed by atoms with Crippen molar-refractivity contribution in [2.24, 2.45) is 12.5 Å². The van der Waals surface area contributed by atoms with E-state index in [4.69, 9.17) is 5.11 Å². The summed E-state index contributed by atoms with van der Waals surface area (Å²) in [5.41, 5.74) is 1.03. The third-order valence-corrected chi connectivity index (χ3v) is 2.60. The molecule has 1 rings (SSSR count). The smallest absolute Gasteiger partial charge is 0.341 e. The molecule has 0 aromatic carbocycles. The lowest BCUT2D eigenvalue weighted by molar-refractivity contribution is 0.0697. The molecule has 1 heterocycles. The van der Waals surface area contributed by atoms with Gasteiger partial charge in [0.1, 0.15) is 11.4 Å². The normalized spacial score (nSPS) is 11.6. The van der Waals surface area contributed by atoms with Crippen LogP contribution in [-0.4, -0.2) is 27.4 Å². The third kappa shape index (κ3) is 3.47. The van der Waals surface area contributed by atoms with Crippen LogP contribution < -0.4 is 5.32 Å². The molecule has 0 radical (unpaired) electrons. The van der Waals surface area contributed by atoms with E-state index in [1.54, 1.807) is 18.7 Å². The van der Waals surface area contributed by atoms with Crippen LogP contribution in [0.5, 0.6) is 0 Å². The fourth-order valence-electron chi connectivity index (χ4n) is 1.67. The highest BCUT2D eigenvalue weighted by Crippen LogP contribution is 2.21. The van der Waals surface area contributed by atoms with Crippen molar-refractivity contribution in [3.8, 4) is 0 Å². The van der Waals surface area contributed by atoms with E-state index in [0.717, 1.165) is 13.0 Å². The molecule has 0 saturated carbocycles. The van der Waals surface area contributed by atoms with Gasteiger partial charge in [0.2, 0.25) is 0 Å².